The number of benzene rings is 2. The molecule has 0 unspecified atom stereocenters. The number of thiocarbonyl (C=S) groups is 1. The van der Waals surface area contributed by atoms with Crippen LogP contribution in [0.25, 0.3) is 11.3 Å². The van der Waals surface area contributed by atoms with E-state index in [0.717, 1.165) is 48.1 Å². The van der Waals surface area contributed by atoms with E-state index in [9.17, 15) is 9.90 Å². The van der Waals surface area contributed by atoms with E-state index in [2.05, 4.69) is 10.6 Å². The molecule has 31 heavy (non-hydrogen) atoms. The minimum absolute atomic E-state index is 0.0471. The molecule has 1 saturated carbocycles. The van der Waals surface area contributed by atoms with Crippen molar-refractivity contribution in [3.63, 3.8) is 0 Å². The van der Waals surface area contributed by atoms with Gasteiger partial charge in [-0.25, -0.2) is 0 Å². The highest BCUT2D eigenvalue weighted by Gasteiger charge is 2.42. The van der Waals surface area contributed by atoms with E-state index in [0.29, 0.717) is 16.6 Å². The predicted octanol–water partition coefficient (Wildman–Crippen LogP) is 5.07. The number of anilines is 1. The van der Waals surface area contributed by atoms with Gasteiger partial charge in [0.15, 0.2) is 5.11 Å². The lowest BCUT2D eigenvalue weighted by atomic mass is 9.78. The predicted molar refractivity (Wildman–Crippen MR) is 126 cm³/mol. The van der Waals surface area contributed by atoms with E-state index in [1.54, 1.807) is 6.07 Å². The van der Waals surface area contributed by atoms with Gasteiger partial charge in [0.05, 0.1) is 5.41 Å². The number of aliphatic hydroxyl groups is 1. The molecular formula is C25H26N2O3S. The highest BCUT2D eigenvalue weighted by molar-refractivity contribution is 7.80. The van der Waals surface area contributed by atoms with Crippen LogP contribution in [-0.4, -0.2) is 16.1 Å². The van der Waals surface area contributed by atoms with Crippen LogP contribution in [0.5, 0.6) is 0 Å². The van der Waals surface area contributed by atoms with Crippen molar-refractivity contribution in [2.24, 2.45) is 0 Å². The summed E-state index contributed by atoms with van der Waals surface area (Å²) in [6, 6.07) is 19.4. The van der Waals surface area contributed by atoms with E-state index >= 15 is 0 Å². The Morgan fingerprint density at radius 3 is 2.48 bits per heavy atom. The second kappa shape index (κ2) is 9.04. The molecule has 4 rings (SSSR count). The molecule has 1 amide bonds. The molecule has 0 bridgehead atoms. The standard InChI is InChI=1S/C25H26N2O3S/c1-17-15-19(9-11-21(17)22-12-10-20(16-28)30-22)26-24(31)27-23(29)25(13-5-6-14-25)18-7-3-2-4-8-18/h2-4,7-12,15,28H,5-6,13-14,16H2,1H3,(H2,26,27,29,31). The van der Waals surface area contributed by atoms with Gasteiger partial charge in [-0.3, -0.25) is 4.79 Å². The third kappa shape index (κ3) is 4.40. The highest BCUT2D eigenvalue weighted by atomic mass is 32.1. The van der Waals surface area contributed by atoms with Crippen molar-refractivity contribution in [3.05, 3.63) is 77.6 Å². The summed E-state index contributed by atoms with van der Waals surface area (Å²) in [5, 5.41) is 15.5. The highest BCUT2D eigenvalue weighted by Crippen LogP contribution is 2.41. The second-order valence-electron chi connectivity index (χ2n) is 8.02. The first-order chi connectivity index (χ1) is 15.0. The number of amides is 1. The van der Waals surface area contributed by atoms with Gasteiger partial charge < -0.3 is 20.2 Å². The van der Waals surface area contributed by atoms with Crippen molar-refractivity contribution in [1.29, 1.82) is 0 Å². The molecular weight excluding hydrogens is 408 g/mol. The van der Waals surface area contributed by atoms with Gasteiger partial charge in [0.25, 0.3) is 0 Å². The molecule has 5 nitrogen and oxygen atoms in total. The molecule has 3 aromatic rings. The van der Waals surface area contributed by atoms with Gasteiger partial charge in [0.2, 0.25) is 5.91 Å². The zero-order valence-electron chi connectivity index (χ0n) is 17.5. The van der Waals surface area contributed by atoms with Crippen LogP contribution in [0.1, 0.15) is 42.6 Å². The minimum Gasteiger partial charge on any atom is -0.459 e. The largest absolute Gasteiger partial charge is 0.459 e. The molecule has 0 saturated heterocycles. The molecule has 0 atom stereocenters. The maximum Gasteiger partial charge on any atom is 0.236 e. The number of aliphatic hydroxyl groups excluding tert-OH is 1. The maximum atomic E-state index is 13.2. The van der Waals surface area contributed by atoms with Gasteiger partial charge in [0.1, 0.15) is 18.1 Å². The zero-order valence-corrected chi connectivity index (χ0v) is 18.3. The lowest BCUT2D eigenvalue weighted by molar-refractivity contribution is -0.125. The number of carbonyl (C=O) groups excluding carboxylic acids is 1. The zero-order chi connectivity index (χ0) is 21.8. The molecule has 1 fully saturated rings. The van der Waals surface area contributed by atoms with Crippen LogP contribution in [-0.2, 0) is 16.8 Å². The summed E-state index contributed by atoms with van der Waals surface area (Å²) in [6.07, 6.45) is 3.73. The first kappa shape index (κ1) is 21.3. The topological polar surface area (TPSA) is 74.5 Å². The summed E-state index contributed by atoms with van der Waals surface area (Å²) in [5.74, 6) is 1.18. The molecule has 3 N–H and O–H groups in total. The average Bonchev–Trinajstić information content (AvgIpc) is 3.45. The van der Waals surface area contributed by atoms with E-state index in [1.165, 1.54) is 0 Å². The summed E-state index contributed by atoms with van der Waals surface area (Å²) >= 11 is 5.45. The van der Waals surface area contributed by atoms with Crippen LogP contribution in [0.15, 0.2) is 65.1 Å². The molecule has 1 aromatic heterocycles. The summed E-state index contributed by atoms with van der Waals surface area (Å²) in [6.45, 7) is 1.85. The molecule has 160 valence electrons. The van der Waals surface area contributed by atoms with Crippen LogP contribution in [0.4, 0.5) is 5.69 Å². The van der Waals surface area contributed by atoms with Crippen LogP contribution in [0.2, 0.25) is 0 Å². The van der Waals surface area contributed by atoms with Gasteiger partial charge in [-0.2, -0.15) is 0 Å². The Bertz CT molecular complexity index is 1090. The van der Waals surface area contributed by atoms with Crippen LogP contribution in [0.3, 0.4) is 0 Å². The SMILES string of the molecule is Cc1cc(NC(=S)NC(=O)C2(c3ccccc3)CCCC2)ccc1-c1ccc(CO)o1. The first-order valence-corrected chi connectivity index (χ1v) is 10.9. The van der Waals surface area contributed by atoms with Crippen LogP contribution < -0.4 is 10.6 Å². The first-order valence-electron chi connectivity index (χ1n) is 10.5. The molecule has 1 heterocycles. The summed E-state index contributed by atoms with van der Waals surface area (Å²) in [4.78, 5) is 13.2. The third-order valence-electron chi connectivity index (χ3n) is 6.01. The van der Waals surface area contributed by atoms with Gasteiger partial charge in [0, 0.05) is 11.3 Å². The lowest BCUT2D eigenvalue weighted by Gasteiger charge is -2.28. The van der Waals surface area contributed by atoms with Crippen molar-refractivity contribution >= 4 is 28.9 Å². The molecule has 1 aliphatic carbocycles. The Kier molecular flexibility index (Phi) is 6.20. The van der Waals surface area contributed by atoms with Crippen molar-refractivity contribution in [3.8, 4) is 11.3 Å². The Morgan fingerprint density at radius 1 is 1.10 bits per heavy atom. The monoisotopic (exact) mass is 434 g/mol. The molecule has 0 spiro atoms. The van der Waals surface area contributed by atoms with E-state index in [-0.39, 0.29) is 12.5 Å². The molecule has 2 aromatic carbocycles. The van der Waals surface area contributed by atoms with Crippen molar-refractivity contribution in [2.45, 2.75) is 44.6 Å². The second-order valence-corrected chi connectivity index (χ2v) is 8.43. The Hall–Kier alpha value is -2.96. The van der Waals surface area contributed by atoms with Crippen LogP contribution >= 0.6 is 12.2 Å². The van der Waals surface area contributed by atoms with Crippen molar-refractivity contribution in [1.82, 2.24) is 5.32 Å². The number of carbonyl (C=O) groups is 1. The van der Waals surface area contributed by atoms with Gasteiger partial charge in [-0.1, -0.05) is 43.2 Å². The smallest absolute Gasteiger partial charge is 0.236 e. The summed E-state index contributed by atoms with van der Waals surface area (Å²) in [7, 11) is 0. The fourth-order valence-electron chi connectivity index (χ4n) is 4.39. The fourth-order valence-corrected chi connectivity index (χ4v) is 4.60. The number of hydrogen-bond acceptors (Lipinski definition) is 4. The quantitative estimate of drug-likeness (QED) is 0.489. The molecule has 6 heteroatoms. The Labute approximate surface area is 187 Å². The lowest BCUT2D eigenvalue weighted by Crippen LogP contribution is -2.46. The number of rotatable bonds is 5. The minimum atomic E-state index is -0.517. The summed E-state index contributed by atoms with van der Waals surface area (Å²) < 4.78 is 5.63. The third-order valence-corrected chi connectivity index (χ3v) is 6.22. The van der Waals surface area contributed by atoms with Gasteiger partial charge in [-0.05, 0) is 73.4 Å². The normalized spacial score (nSPS) is 14.9. The molecule has 0 radical (unpaired) electrons. The maximum absolute atomic E-state index is 13.2. The molecule has 0 aliphatic heterocycles. The Morgan fingerprint density at radius 2 is 1.84 bits per heavy atom. The van der Waals surface area contributed by atoms with Crippen molar-refractivity contribution < 1.29 is 14.3 Å². The number of furan rings is 1. The van der Waals surface area contributed by atoms with Gasteiger partial charge in [-0.15, -0.1) is 0 Å². The number of nitrogens with one attached hydrogen (secondary N) is 2. The fraction of sp³-hybridized carbons (Fsp3) is 0.280. The number of aryl methyl sites for hydroxylation is 1. The molecule has 1 aliphatic rings. The van der Waals surface area contributed by atoms with E-state index < -0.39 is 5.41 Å². The number of hydrogen-bond donors (Lipinski definition) is 3. The van der Waals surface area contributed by atoms with Gasteiger partial charge >= 0.3 is 0 Å². The van der Waals surface area contributed by atoms with Crippen LogP contribution in [0, 0.1) is 6.92 Å². The van der Waals surface area contributed by atoms with E-state index in [4.69, 9.17) is 16.6 Å². The van der Waals surface area contributed by atoms with E-state index in [1.807, 2.05) is 61.5 Å². The van der Waals surface area contributed by atoms with Crippen molar-refractivity contribution in [2.75, 3.05) is 5.32 Å². The Balaban J connectivity index is 1.46. The average molecular weight is 435 g/mol. The summed E-state index contributed by atoms with van der Waals surface area (Å²) in [5.41, 5.74) is 3.26.